The molecule has 2 amide bonds. The largest absolute Gasteiger partial charge is 0.355 e. The van der Waals surface area contributed by atoms with Crippen molar-refractivity contribution in [2.24, 2.45) is 0 Å². The monoisotopic (exact) mass is 452 g/mol. The van der Waals surface area contributed by atoms with Gasteiger partial charge >= 0.3 is 0 Å². The maximum Gasteiger partial charge on any atom is 0.242 e. The summed E-state index contributed by atoms with van der Waals surface area (Å²) in [5.74, 6) is 0.503. The molecule has 0 aliphatic heterocycles. The second-order valence-corrected chi connectivity index (χ2v) is 8.51. The van der Waals surface area contributed by atoms with Crippen molar-refractivity contribution in [1.29, 1.82) is 0 Å². The molecule has 1 N–H and O–H groups in total. The van der Waals surface area contributed by atoms with Gasteiger partial charge in [0.25, 0.3) is 0 Å². The summed E-state index contributed by atoms with van der Waals surface area (Å²) < 4.78 is 0. The number of hydrogen-bond acceptors (Lipinski definition) is 3. The number of carbonyl (C=O) groups is 2. The smallest absolute Gasteiger partial charge is 0.242 e. The van der Waals surface area contributed by atoms with Gasteiger partial charge in [-0.1, -0.05) is 53.5 Å². The number of hydrogen-bond donors (Lipinski definition) is 1. The van der Waals surface area contributed by atoms with Crippen LogP contribution in [0.4, 0.5) is 0 Å². The summed E-state index contributed by atoms with van der Waals surface area (Å²) in [6.45, 7) is 6.54. The van der Waals surface area contributed by atoms with Gasteiger partial charge in [0.05, 0.1) is 5.75 Å². The zero-order valence-electron chi connectivity index (χ0n) is 16.9. The average molecular weight is 453 g/mol. The number of aryl methyl sites for hydroxylation is 1. The molecule has 0 radical (unpaired) electrons. The molecular formula is C22H26Cl2N2O2S. The molecule has 2 aromatic carbocycles. The summed E-state index contributed by atoms with van der Waals surface area (Å²) in [5.41, 5.74) is 2.93. The predicted octanol–water partition coefficient (Wildman–Crippen LogP) is 5.09. The minimum atomic E-state index is -0.563. The van der Waals surface area contributed by atoms with Crippen LogP contribution in [0.5, 0.6) is 0 Å². The molecule has 0 spiro atoms. The Bertz CT molecular complexity index is 840. The van der Waals surface area contributed by atoms with Crippen molar-refractivity contribution in [2.75, 3.05) is 12.3 Å². The standard InChI is InChI=1S/C22H26Cl2N2O2S/c1-4-25-22(28)16(3)26(12-17-9-6-5-8-15(17)2)21(27)14-29-13-18-19(23)10-7-11-20(18)24/h5-11,16H,4,12-14H2,1-3H3,(H,25,28)/t16-/m0/s1. The van der Waals surface area contributed by atoms with Crippen LogP contribution in [0.25, 0.3) is 0 Å². The van der Waals surface area contributed by atoms with E-state index in [1.54, 1.807) is 30.0 Å². The fourth-order valence-electron chi connectivity index (χ4n) is 2.87. The lowest BCUT2D eigenvalue weighted by Gasteiger charge is -2.29. The van der Waals surface area contributed by atoms with E-state index in [1.165, 1.54) is 11.8 Å². The van der Waals surface area contributed by atoms with Crippen LogP contribution in [0.3, 0.4) is 0 Å². The van der Waals surface area contributed by atoms with E-state index < -0.39 is 6.04 Å². The Kier molecular flexibility index (Phi) is 9.34. The van der Waals surface area contributed by atoms with E-state index in [0.717, 1.165) is 16.7 Å². The first-order valence-electron chi connectivity index (χ1n) is 9.47. The maximum absolute atomic E-state index is 13.0. The van der Waals surface area contributed by atoms with Gasteiger partial charge in [-0.15, -0.1) is 11.8 Å². The minimum absolute atomic E-state index is 0.0971. The lowest BCUT2D eigenvalue weighted by Crippen LogP contribution is -2.48. The molecule has 0 unspecified atom stereocenters. The Morgan fingerprint density at radius 2 is 1.76 bits per heavy atom. The first-order chi connectivity index (χ1) is 13.8. The lowest BCUT2D eigenvalue weighted by molar-refractivity contribution is -0.138. The van der Waals surface area contributed by atoms with Crippen LogP contribution in [0.2, 0.25) is 10.0 Å². The van der Waals surface area contributed by atoms with Gasteiger partial charge < -0.3 is 10.2 Å². The molecule has 7 heteroatoms. The van der Waals surface area contributed by atoms with Crippen LogP contribution in [-0.4, -0.2) is 35.1 Å². The summed E-state index contributed by atoms with van der Waals surface area (Å²) in [6.07, 6.45) is 0. The molecule has 0 heterocycles. The van der Waals surface area contributed by atoms with E-state index in [9.17, 15) is 9.59 Å². The zero-order valence-corrected chi connectivity index (χ0v) is 19.2. The highest BCUT2D eigenvalue weighted by Crippen LogP contribution is 2.28. The van der Waals surface area contributed by atoms with E-state index in [-0.39, 0.29) is 17.6 Å². The number of benzene rings is 2. The number of halogens is 2. The number of carbonyl (C=O) groups excluding carboxylic acids is 2. The van der Waals surface area contributed by atoms with E-state index in [2.05, 4.69) is 5.32 Å². The Labute approximate surface area is 187 Å². The van der Waals surface area contributed by atoms with Crippen LogP contribution in [-0.2, 0) is 21.9 Å². The van der Waals surface area contributed by atoms with Gasteiger partial charge in [0.15, 0.2) is 0 Å². The van der Waals surface area contributed by atoms with Crippen molar-refractivity contribution in [3.63, 3.8) is 0 Å². The highest BCUT2D eigenvalue weighted by molar-refractivity contribution is 7.99. The molecule has 0 bridgehead atoms. The molecule has 4 nitrogen and oxygen atoms in total. The number of nitrogens with one attached hydrogen (secondary N) is 1. The van der Waals surface area contributed by atoms with Gasteiger partial charge in [-0.3, -0.25) is 9.59 Å². The van der Waals surface area contributed by atoms with Gasteiger partial charge in [0.1, 0.15) is 6.04 Å². The second-order valence-electron chi connectivity index (χ2n) is 6.71. The summed E-state index contributed by atoms with van der Waals surface area (Å²) in [7, 11) is 0. The molecule has 2 rings (SSSR count). The Hall–Kier alpha value is -1.69. The van der Waals surface area contributed by atoms with Crippen molar-refractivity contribution in [1.82, 2.24) is 10.2 Å². The van der Waals surface area contributed by atoms with E-state index in [4.69, 9.17) is 23.2 Å². The first-order valence-corrected chi connectivity index (χ1v) is 11.4. The molecule has 29 heavy (non-hydrogen) atoms. The summed E-state index contributed by atoms with van der Waals surface area (Å²) >= 11 is 13.9. The van der Waals surface area contributed by atoms with Gasteiger partial charge in [-0.05, 0) is 49.6 Å². The highest BCUT2D eigenvalue weighted by Gasteiger charge is 2.26. The Morgan fingerprint density at radius 1 is 1.10 bits per heavy atom. The van der Waals surface area contributed by atoms with E-state index in [0.29, 0.717) is 28.9 Å². The first kappa shape index (κ1) is 23.6. The summed E-state index contributed by atoms with van der Waals surface area (Å²) in [5, 5.41) is 3.98. The topological polar surface area (TPSA) is 49.4 Å². The Balaban J connectivity index is 2.11. The Morgan fingerprint density at radius 3 is 2.38 bits per heavy atom. The number of nitrogens with zero attached hydrogens (tertiary/aromatic N) is 1. The molecule has 1 atom stereocenters. The molecule has 0 aliphatic carbocycles. The fourth-order valence-corrected chi connectivity index (χ4v) is 4.52. The van der Waals surface area contributed by atoms with Gasteiger partial charge in [-0.2, -0.15) is 0 Å². The van der Waals surface area contributed by atoms with Gasteiger partial charge in [-0.25, -0.2) is 0 Å². The van der Waals surface area contributed by atoms with Crippen LogP contribution in [0.1, 0.15) is 30.5 Å². The number of amides is 2. The fraction of sp³-hybridized carbons (Fsp3) is 0.364. The summed E-state index contributed by atoms with van der Waals surface area (Å²) in [4.78, 5) is 27.1. The van der Waals surface area contributed by atoms with Crippen LogP contribution in [0, 0.1) is 6.92 Å². The third-order valence-electron chi connectivity index (χ3n) is 4.65. The number of rotatable bonds is 9. The SMILES string of the molecule is CCNC(=O)[C@H](C)N(Cc1ccccc1C)C(=O)CSCc1c(Cl)cccc1Cl. The number of likely N-dealkylation sites (N-methyl/N-ethyl adjacent to an activating group) is 1. The molecule has 2 aromatic rings. The van der Waals surface area contributed by atoms with E-state index >= 15 is 0 Å². The zero-order chi connectivity index (χ0) is 21.4. The molecule has 0 saturated carbocycles. The highest BCUT2D eigenvalue weighted by atomic mass is 35.5. The maximum atomic E-state index is 13.0. The van der Waals surface area contributed by atoms with Crippen LogP contribution >= 0.6 is 35.0 Å². The van der Waals surface area contributed by atoms with Crippen molar-refractivity contribution in [3.05, 3.63) is 69.2 Å². The van der Waals surface area contributed by atoms with Gasteiger partial charge in [0, 0.05) is 28.9 Å². The van der Waals surface area contributed by atoms with Crippen LogP contribution < -0.4 is 5.32 Å². The van der Waals surface area contributed by atoms with Crippen molar-refractivity contribution in [2.45, 2.75) is 39.1 Å². The predicted molar refractivity (Wildman–Crippen MR) is 122 cm³/mol. The third kappa shape index (κ3) is 6.66. The third-order valence-corrected chi connectivity index (χ3v) is 6.31. The van der Waals surface area contributed by atoms with Crippen molar-refractivity contribution < 1.29 is 9.59 Å². The molecule has 0 saturated heterocycles. The quantitative estimate of drug-likeness (QED) is 0.576. The van der Waals surface area contributed by atoms with Crippen molar-refractivity contribution in [3.8, 4) is 0 Å². The molecule has 156 valence electrons. The molecule has 0 aromatic heterocycles. The number of thioether (sulfide) groups is 1. The molecular weight excluding hydrogens is 427 g/mol. The molecule has 0 aliphatic rings. The van der Waals surface area contributed by atoms with Crippen molar-refractivity contribution >= 4 is 46.8 Å². The van der Waals surface area contributed by atoms with E-state index in [1.807, 2.05) is 38.1 Å². The van der Waals surface area contributed by atoms with Crippen LogP contribution in [0.15, 0.2) is 42.5 Å². The lowest BCUT2D eigenvalue weighted by atomic mass is 10.1. The average Bonchev–Trinajstić information content (AvgIpc) is 2.69. The molecule has 0 fully saturated rings. The van der Waals surface area contributed by atoms with Gasteiger partial charge in [0.2, 0.25) is 11.8 Å². The summed E-state index contributed by atoms with van der Waals surface area (Å²) in [6, 6.07) is 12.7. The second kappa shape index (κ2) is 11.5. The normalized spacial score (nSPS) is 11.8. The minimum Gasteiger partial charge on any atom is -0.355 e.